The minimum Gasteiger partial charge on any atom is -0.345 e. The van der Waals surface area contributed by atoms with Gasteiger partial charge in [-0.15, -0.1) is 0 Å². The van der Waals surface area contributed by atoms with Crippen molar-refractivity contribution in [3.63, 3.8) is 0 Å². The molecule has 3 nitrogen and oxygen atoms in total. The molecule has 1 N–H and O–H groups in total. The molecule has 90 valence electrons. The van der Waals surface area contributed by atoms with E-state index in [9.17, 15) is 4.79 Å². The van der Waals surface area contributed by atoms with Crippen molar-refractivity contribution < 1.29 is 4.79 Å². The number of carbonyl (C=O) groups excluding carboxylic acids is 1. The van der Waals surface area contributed by atoms with Crippen molar-refractivity contribution in [1.82, 2.24) is 10.2 Å². The molecule has 0 aliphatic heterocycles. The fourth-order valence-corrected chi connectivity index (χ4v) is 1.41. The van der Waals surface area contributed by atoms with Crippen LogP contribution in [-0.4, -0.2) is 37.5 Å². The number of unbranched alkanes of at least 4 members (excludes halogenated alkanes) is 2. The number of hydrogen-bond donors (Lipinski definition) is 1. The van der Waals surface area contributed by atoms with Gasteiger partial charge in [0.15, 0.2) is 0 Å². The molecule has 0 saturated carbocycles. The predicted molar refractivity (Wildman–Crippen MR) is 64.9 cm³/mol. The molecule has 0 aliphatic rings. The van der Waals surface area contributed by atoms with Crippen LogP contribution in [0.3, 0.4) is 0 Å². The van der Waals surface area contributed by atoms with Crippen LogP contribution in [0, 0.1) is 0 Å². The topological polar surface area (TPSA) is 32.3 Å². The van der Waals surface area contributed by atoms with Crippen molar-refractivity contribution >= 4 is 6.41 Å². The molecule has 3 heteroatoms. The molecule has 0 rings (SSSR count). The van der Waals surface area contributed by atoms with Crippen molar-refractivity contribution in [2.75, 3.05) is 26.2 Å². The normalized spacial score (nSPS) is 10.3. The van der Waals surface area contributed by atoms with E-state index in [1.807, 2.05) is 4.90 Å². The zero-order valence-electron chi connectivity index (χ0n) is 10.3. The van der Waals surface area contributed by atoms with E-state index in [1.165, 1.54) is 12.8 Å². The van der Waals surface area contributed by atoms with Crippen molar-refractivity contribution in [3.8, 4) is 0 Å². The summed E-state index contributed by atoms with van der Waals surface area (Å²) in [6.45, 7) is 8.27. The Morgan fingerprint density at radius 3 is 2.20 bits per heavy atom. The molecule has 0 unspecified atom stereocenters. The third-order valence-electron chi connectivity index (χ3n) is 2.45. The molecule has 0 spiro atoms. The summed E-state index contributed by atoms with van der Waals surface area (Å²) >= 11 is 0. The maximum atomic E-state index is 10.7. The van der Waals surface area contributed by atoms with Gasteiger partial charge in [0.1, 0.15) is 0 Å². The Morgan fingerprint density at radius 1 is 1.00 bits per heavy atom. The van der Waals surface area contributed by atoms with Gasteiger partial charge in [0.2, 0.25) is 6.41 Å². The van der Waals surface area contributed by atoms with Gasteiger partial charge in [-0.05, 0) is 32.4 Å². The van der Waals surface area contributed by atoms with Crippen molar-refractivity contribution in [2.24, 2.45) is 0 Å². The summed E-state index contributed by atoms with van der Waals surface area (Å²) in [6.07, 6.45) is 6.78. The quantitative estimate of drug-likeness (QED) is 0.421. The molecule has 0 aliphatic carbocycles. The van der Waals surface area contributed by atoms with Gasteiger partial charge in [-0.1, -0.05) is 26.7 Å². The summed E-state index contributed by atoms with van der Waals surface area (Å²) in [5.41, 5.74) is 0. The van der Waals surface area contributed by atoms with E-state index in [2.05, 4.69) is 19.2 Å². The Hall–Kier alpha value is -0.570. The number of hydrogen-bond acceptors (Lipinski definition) is 2. The summed E-state index contributed by atoms with van der Waals surface area (Å²) in [4.78, 5) is 12.6. The molecule has 0 saturated heterocycles. The fourth-order valence-electron chi connectivity index (χ4n) is 1.41. The highest BCUT2D eigenvalue weighted by Gasteiger charge is 1.99. The lowest BCUT2D eigenvalue weighted by Crippen LogP contribution is -2.27. The fraction of sp³-hybridized carbons (Fsp3) is 0.917. The average molecular weight is 214 g/mol. The van der Waals surface area contributed by atoms with E-state index < -0.39 is 0 Å². The molecule has 0 bridgehead atoms. The van der Waals surface area contributed by atoms with E-state index in [-0.39, 0.29) is 0 Å². The smallest absolute Gasteiger partial charge is 0.209 e. The van der Waals surface area contributed by atoms with Gasteiger partial charge < -0.3 is 10.2 Å². The van der Waals surface area contributed by atoms with Crippen LogP contribution in [0.25, 0.3) is 0 Å². The van der Waals surface area contributed by atoms with E-state index >= 15 is 0 Å². The first-order valence-electron chi connectivity index (χ1n) is 6.25. The molecule has 15 heavy (non-hydrogen) atoms. The van der Waals surface area contributed by atoms with E-state index in [1.54, 1.807) is 0 Å². The van der Waals surface area contributed by atoms with Gasteiger partial charge in [-0.2, -0.15) is 0 Å². The Kier molecular flexibility index (Phi) is 11.1. The maximum Gasteiger partial charge on any atom is 0.209 e. The molecule has 0 aromatic carbocycles. The first kappa shape index (κ1) is 14.4. The van der Waals surface area contributed by atoms with Crippen LogP contribution in [0.2, 0.25) is 0 Å². The van der Waals surface area contributed by atoms with Gasteiger partial charge in [-0.25, -0.2) is 0 Å². The zero-order chi connectivity index (χ0) is 11.4. The van der Waals surface area contributed by atoms with Gasteiger partial charge in [-0.3, -0.25) is 4.79 Å². The monoisotopic (exact) mass is 214 g/mol. The van der Waals surface area contributed by atoms with E-state index in [0.29, 0.717) is 0 Å². The molecular formula is C12H26N2O. The Bertz CT molecular complexity index is 140. The first-order chi connectivity index (χ1) is 7.35. The van der Waals surface area contributed by atoms with Crippen LogP contribution >= 0.6 is 0 Å². The van der Waals surface area contributed by atoms with Crippen molar-refractivity contribution in [3.05, 3.63) is 0 Å². The lowest BCUT2D eigenvalue weighted by atomic mass is 10.3. The number of carbonyl (C=O) groups is 1. The molecular weight excluding hydrogens is 188 g/mol. The number of nitrogens with zero attached hydrogens (tertiary/aromatic N) is 1. The molecule has 0 atom stereocenters. The summed E-state index contributed by atoms with van der Waals surface area (Å²) in [5.74, 6) is 0. The van der Waals surface area contributed by atoms with Crippen LogP contribution in [0.4, 0.5) is 0 Å². The minimum atomic E-state index is 0.891. The lowest BCUT2D eigenvalue weighted by Gasteiger charge is -2.16. The molecule has 0 radical (unpaired) electrons. The van der Waals surface area contributed by atoms with Crippen LogP contribution in [-0.2, 0) is 4.79 Å². The highest BCUT2D eigenvalue weighted by atomic mass is 16.1. The van der Waals surface area contributed by atoms with E-state index in [0.717, 1.165) is 51.9 Å². The second-order valence-electron chi connectivity index (χ2n) is 3.95. The first-order valence-corrected chi connectivity index (χ1v) is 6.25. The highest BCUT2D eigenvalue weighted by Crippen LogP contribution is 1.93. The zero-order valence-corrected chi connectivity index (χ0v) is 10.3. The molecule has 1 amide bonds. The largest absolute Gasteiger partial charge is 0.345 e. The standard InChI is InChI=1S/C12H26N2O/c1-3-5-8-13-9-7-11-14(12-15)10-6-4-2/h12-13H,3-11H2,1-2H3. The minimum absolute atomic E-state index is 0.891. The Labute approximate surface area is 94.2 Å². The molecule has 0 fully saturated rings. The lowest BCUT2D eigenvalue weighted by molar-refractivity contribution is -0.118. The highest BCUT2D eigenvalue weighted by molar-refractivity contribution is 5.46. The molecule has 0 aromatic rings. The van der Waals surface area contributed by atoms with Gasteiger partial charge in [0, 0.05) is 13.1 Å². The SMILES string of the molecule is CCCCNCCCN(C=O)CCCC. The Balaban J connectivity index is 3.26. The van der Waals surface area contributed by atoms with E-state index in [4.69, 9.17) is 0 Å². The van der Waals surface area contributed by atoms with Crippen LogP contribution in [0.15, 0.2) is 0 Å². The third-order valence-corrected chi connectivity index (χ3v) is 2.45. The maximum absolute atomic E-state index is 10.7. The number of nitrogens with one attached hydrogen (secondary N) is 1. The van der Waals surface area contributed by atoms with Crippen molar-refractivity contribution in [1.29, 1.82) is 0 Å². The number of amides is 1. The summed E-state index contributed by atoms with van der Waals surface area (Å²) in [6, 6.07) is 0. The van der Waals surface area contributed by atoms with Gasteiger partial charge in [0.05, 0.1) is 0 Å². The van der Waals surface area contributed by atoms with Crippen molar-refractivity contribution in [2.45, 2.75) is 46.0 Å². The van der Waals surface area contributed by atoms with Crippen LogP contribution in [0.1, 0.15) is 46.0 Å². The van der Waals surface area contributed by atoms with Gasteiger partial charge in [0.25, 0.3) is 0 Å². The third kappa shape index (κ3) is 9.73. The molecule has 0 heterocycles. The van der Waals surface area contributed by atoms with Gasteiger partial charge >= 0.3 is 0 Å². The summed E-state index contributed by atoms with van der Waals surface area (Å²) < 4.78 is 0. The second-order valence-corrected chi connectivity index (χ2v) is 3.95. The second kappa shape index (κ2) is 11.5. The summed E-state index contributed by atoms with van der Waals surface area (Å²) in [7, 11) is 0. The predicted octanol–water partition coefficient (Wildman–Crippen LogP) is 2.02. The average Bonchev–Trinajstić information content (AvgIpc) is 2.27. The van der Waals surface area contributed by atoms with Crippen LogP contribution < -0.4 is 5.32 Å². The summed E-state index contributed by atoms with van der Waals surface area (Å²) in [5, 5.41) is 3.38. The Morgan fingerprint density at radius 2 is 1.60 bits per heavy atom. The number of rotatable bonds is 11. The van der Waals surface area contributed by atoms with Crippen LogP contribution in [0.5, 0.6) is 0 Å². The molecule has 0 aromatic heterocycles.